The quantitative estimate of drug-likeness (QED) is 0.156. The molecule has 11 aromatic rings. The Morgan fingerprint density at radius 3 is 1.79 bits per heavy atom. The second-order valence-electron chi connectivity index (χ2n) is 17.3. The summed E-state index contributed by atoms with van der Waals surface area (Å²) in [7, 11) is 0. The van der Waals surface area contributed by atoms with Crippen molar-refractivity contribution < 1.29 is 4.39 Å². The third-order valence-electron chi connectivity index (χ3n) is 13.3. The number of rotatable bonds is 6. The van der Waals surface area contributed by atoms with Crippen molar-refractivity contribution in [3.8, 4) is 44.6 Å². The Bertz CT molecular complexity index is 3600. The zero-order valence-corrected chi connectivity index (χ0v) is 35.0. The molecule has 0 saturated heterocycles. The van der Waals surface area contributed by atoms with Crippen LogP contribution in [0.4, 0.5) is 21.5 Å². The van der Waals surface area contributed by atoms with Gasteiger partial charge in [-0.2, -0.15) is 0 Å². The second kappa shape index (κ2) is 14.4. The van der Waals surface area contributed by atoms with E-state index in [1.54, 1.807) is 0 Å². The molecule has 0 atom stereocenters. The molecular formula is C60H41FN2. The van der Waals surface area contributed by atoms with Crippen LogP contribution in [0, 0.1) is 5.82 Å². The normalized spacial score (nSPS) is 12.8. The third kappa shape index (κ3) is 5.96. The monoisotopic (exact) mass is 808 g/mol. The molecule has 0 bridgehead atoms. The Labute approximate surface area is 366 Å². The standard InChI is InChI=1S/C60H41FN2/c1-60(2)54-20-10-9-17-48(54)49-32-25-42(35-55(49)60)58-50-18-7-8-19-51(50)59(56-36-40-13-3-4-14-43(40)37-62-56)52-33-24-41(34-53(52)58)38-22-28-45(29-23-38)63(46-30-26-44(61)27-31-46)57-21-11-15-39-12-5-6-16-47(39)57/h3-37H,1-2H3. The number of nitrogens with zero attached hydrogens (tertiary/aromatic N) is 2. The molecule has 0 N–H and O–H groups in total. The van der Waals surface area contributed by atoms with Gasteiger partial charge >= 0.3 is 0 Å². The summed E-state index contributed by atoms with van der Waals surface area (Å²) in [6, 6.07) is 72.7. The van der Waals surface area contributed by atoms with Crippen molar-refractivity contribution in [2.75, 3.05) is 4.90 Å². The fraction of sp³-hybridized carbons (Fsp3) is 0.0500. The van der Waals surface area contributed by atoms with Gasteiger partial charge in [-0.1, -0.05) is 159 Å². The Kier molecular flexibility index (Phi) is 8.42. The molecule has 63 heavy (non-hydrogen) atoms. The van der Waals surface area contributed by atoms with E-state index in [9.17, 15) is 4.39 Å². The number of pyridine rings is 1. The van der Waals surface area contributed by atoms with Gasteiger partial charge in [0.25, 0.3) is 0 Å². The molecule has 0 spiro atoms. The minimum Gasteiger partial charge on any atom is -0.310 e. The zero-order valence-electron chi connectivity index (χ0n) is 35.0. The summed E-state index contributed by atoms with van der Waals surface area (Å²) in [4.78, 5) is 7.34. The molecule has 1 aromatic heterocycles. The lowest BCUT2D eigenvalue weighted by atomic mass is 9.80. The van der Waals surface area contributed by atoms with Gasteiger partial charge in [-0.3, -0.25) is 4.98 Å². The highest BCUT2D eigenvalue weighted by atomic mass is 19.1. The van der Waals surface area contributed by atoms with E-state index in [4.69, 9.17) is 4.98 Å². The lowest BCUT2D eigenvalue weighted by Crippen LogP contribution is -2.14. The first kappa shape index (κ1) is 36.9. The molecule has 0 saturated carbocycles. The molecule has 0 fully saturated rings. The fourth-order valence-corrected chi connectivity index (χ4v) is 10.2. The molecule has 12 rings (SSSR count). The number of hydrogen-bond acceptors (Lipinski definition) is 2. The lowest BCUT2D eigenvalue weighted by molar-refractivity contribution is 0.628. The molecule has 0 radical (unpaired) electrons. The summed E-state index contributed by atoms with van der Waals surface area (Å²) in [5.74, 6) is -0.260. The Morgan fingerprint density at radius 1 is 0.413 bits per heavy atom. The van der Waals surface area contributed by atoms with E-state index in [2.05, 4.69) is 201 Å². The van der Waals surface area contributed by atoms with Gasteiger partial charge in [0.15, 0.2) is 0 Å². The van der Waals surface area contributed by atoms with E-state index in [1.807, 2.05) is 18.3 Å². The minimum atomic E-state index is -0.260. The van der Waals surface area contributed by atoms with Gasteiger partial charge in [-0.15, -0.1) is 0 Å². The van der Waals surface area contributed by atoms with Crippen LogP contribution in [0.5, 0.6) is 0 Å². The summed E-state index contributed by atoms with van der Waals surface area (Å²) in [6.45, 7) is 4.71. The first-order valence-corrected chi connectivity index (χ1v) is 21.6. The fourth-order valence-electron chi connectivity index (χ4n) is 10.2. The SMILES string of the molecule is CC1(C)c2ccccc2-c2ccc(-c3c4ccccc4c(-c4cc5ccccc5cn4)c4ccc(-c5ccc(N(c6ccc(F)cc6)c6cccc7ccccc67)cc5)cc34)cc21. The van der Waals surface area contributed by atoms with Crippen molar-refractivity contribution in [3.63, 3.8) is 0 Å². The maximum absolute atomic E-state index is 14.3. The van der Waals surface area contributed by atoms with Gasteiger partial charge in [0.1, 0.15) is 5.82 Å². The summed E-state index contributed by atoms with van der Waals surface area (Å²) in [5, 5.41) is 9.27. The predicted octanol–water partition coefficient (Wildman–Crippen LogP) is 16.6. The van der Waals surface area contributed by atoms with Gasteiger partial charge in [-0.05, 0) is 137 Å². The summed E-state index contributed by atoms with van der Waals surface area (Å²) in [6.07, 6.45) is 2.00. The van der Waals surface area contributed by atoms with Crippen LogP contribution in [0.1, 0.15) is 25.0 Å². The van der Waals surface area contributed by atoms with E-state index >= 15 is 0 Å². The largest absolute Gasteiger partial charge is 0.310 e. The van der Waals surface area contributed by atoms with Gasteiger partial charge in [0.2, 0.25) is 0 Å². The Balaban J connectivity index is 1.06. The van der Waals surface area contributed by atoms with Gasteiger partial charge < -0.3 is 4.90 Å². The average Bonchev–Trinajstić information content (AvgIpc) is 3.56. The van der Waals surface area contributed by atoms with Crippen LogP contribution in [0.3, 0.4) is 0 Å². The molecule has 3 heteroatoms. The number of aromatic nitrogens is 1. The maximum atomic E-state index is 14.3. The van der Waals surface area contributed by atoms with Crippen LogP contribution in [-0.4, -0.2) is 4.98 Å². The van der Waals surface area contributed by atoms with Crippen LogP contribution >= 0.6 is 0 Å². The second-order valence-corrected chi connectivity index (χ2v) is 17.3. The van der Waals surface area contributed by atoms with E-state index in [-0.39, 0.29) is 11.2 Å². The highest BCUT2D eigenvalue weighted by Gasteiger charge is 2.35. The highest BCUT2D eigenvalue weighted by molar-refractivity contribution is 6.22. The first-order valence-electron chi connectivity index (χ1n) is 21.6. The average molecular weight is 809 g/mol. The van der Waals surface area contributed by atoms with Crippen LogP contribution < -0.4 is 4.90 Å². The molecule has 0 aliphatic heterocycles. The van der Waals surface area contributed by atoms with E-state index < -0.39 is 0 Å². The van der Waals surface area contributed by atoms with Crippen molar-refractivity contribution in [1.29, 1.82) is 0 Å². The Hall–Kier alpha value is -7.88. The third-order valence-corrected chi connectivity index (χ3v) is 13.3. The topological polar surface area (TPSA) is 16.1 Å². The van der Waals surface area contributed by atoms with Crippen molar-refractivity contribution in [3.05, 3.63) is 229 Å². The van der Waals surface area contributed by atoms with Gasteiger partial charge in [-0.25, -0.2) is 4.39 Å². The minimum absolute atomic E-state index is 0.136. The predicted molar refractivity (Wildman–Crippen MR) is 263 cm³/mol. The van der Waals surface area contributed by atoms with Crippen molar-refractivity contribution in [2.24, 2.45) is 0 Å². The smallest absolute Gasteiger partial charge is 0.123 e. The van der Waals surface area contributed by atoms with Gasteiger partial charge in [0.05, 0.1) is 11.4 Å². The van der Waals surface area contributed by atoms with Crippen LogP contribution in [0.2, 0.25) is 0 Å². The van der Waals surface area contributed by atoms with Crippen molar-refractivity contribution in [2.45, 2.75) is 19.3 Å². The van der Waals surface area contributed by atoms with Crippen LogP contribution in [0.25, 0.3) is 87.7 Å². The highest BCUT2D eigenvalue weighted by Crippen LogP contribution is 2.52. The molecule has 10 aromatic carbocycles. The molecule has 298 valence electrons. The molecule has 0 amide bonds. The summed E-state index contributed by atoms with van der Waals surface area (Å²) < 4.78 is 14.3. The lowest BCUT2D eigenvalue weighted by Gasteiger charge is -2.27. The Morgan fingerprint density at radius 2 is 1.00 bits per heavy atom. The summed E-state index contributed by atoms with van der Waals surface area (Å²) >= 11 is 0. The molecule has 1 aliphatic rings. The molecular weight excluding hydrogens is 768 g/mol. The molecule has 2 nitrogen and oxygen atoms in total. The number of hydrogen-bond donors (Lipinski definition) is 0. The number of benzene rings is 10. The van der Waals surface area contributed by atoms with E-state index in [1.165, 1.54) is 67.1 Å². The van der Waals surface area contributed by atoms with E-state index in [0.29, 0.717) is 0 Å². The summed E-state index contributed by atoms with van der Waals surface area (Å²) in [5.41, 5.74) is 14.9. The van der Waals surface area contributed by atoms with Crippen LogP contribution in [-0.2, 0) is 5.41 Å². The number of halogens is 1. The van der Waals surface area contributed by atoms with Crippen molar-refractivity contribution in [1.82, 2.24) is 4.98 Å². The van der Waals surface area contributed by atoms with E-state index in [0.717, 1.165) is 61.0 Å². The molecule has 1 heterocycles. The van der Waals surface area contributed by atoms with Gasteiger partial charge in [0, 0.05) is 39.3 Å². The molecule has 0 unspecified atom stereocenters. The molecule has 1 aliphatic carbocycles. The van der Waals surface area contributed by atoms with Crippen molar-refractivity contribution >= 4 is 60.2 Å². The number of fused-ring (bicyclic) bond motifs is 7. The zero-order chi connectivity index (χ0) is 42.2. The number of anilines is 3. The maximum Gasteiger partial charge on any atom is 0.123 e. The first-order chi connectivity index (χ1) is 30.9. The van der Waals surface area contributed by atoms with Crippen LogP contribution in [0.15, 0.2) is 212 Å².